The van der Waals surface area contributed by atoms with E-state index in [1.54, 1.807) is 18.2 Å². The van der Waals surface area contributed by atoms with E-state index < -0.39 is 11.1 Å². The average Bonchev–Trinajstić information content (AvgIpc) is 2.97. The highest BCUT2D eigenvalue weighted by atomic mass is 79.9. The van der Waals surface area contributed by atoms with E-state index in [9.17, 15) is 14.4 Å². The molecular formula is C18H15BrN4O3. The lowest BCUT2D eigenvalue weighted by Crippen LogP contribution is -2.41. The number of halogens is 1. The first-order valence-corrected chi connectivity index (χ1v) is 8.89. The third-order valence-corrected chi connectivity index (χ3v) is 4.86. The molecule has 0 fully saturated rings. The molecule has 3 N–H and O–H groups in total. The lowest BCUT2D eigenvalue weighted by atomic mass is 10.1. The number of carbonyl (C=O) groups is 1. The number of hydrogen-bond donors (Lipinski definition) is 3. The molecule has 0 saturated heterocycles. The van der Waals surface area contributed by atoms with Gasteiger partial charge in [0.1, 0.15) is 0 Å². The number of anilines is 1. The van der Waals surface area contributed by atoms with Crippen LogP contribution >= 0.6 is 15.9 Å². The fourth-order valence-corrected chi connectivity index (χ4v) is 3.85. The van der Waals surface area contributed by atoms with Crippen LogP contribution in [0.4, 0.5) is 10.5 Å². The van der Waals surface area contributed by atoms with Crippen LogP contribution in [-0.4, -0.2) is 22.1 Å². The molecule has 0 saturated carbocycles. The lowest BCUT2D eigenvalue weighted by Gasteiger charge is -2.15. The van der Waals surface area contributed by atoms with Gasteiger partial charge in [-0.3, -0.25) is 14.2 Å². The first-order valence-electron chi connectivity index (χ1n) is 8.10. The Balaban J connectivity index is 1.58. The highest BCUT2D eigenvalue weighted by Crippen LogP contribution is 2.31. The maximum absolute atomic E-state index is 12.4. The molecule has 132 valence electrons. The smallest absolute Gasteiger partial charge is 0.319 e. The van der Waals surface area contributed by atoms with Gasteiger partial charge >= 0.3 is 17.1 Å². The highest BCUT2D eigenvalue weighted by Gasteiger charge is 2.27. The molecule has 0 spiro atoms. The van der Waals surface area contributed by atoms with Crippen molar-refractivity contribution in [2.75, 3.05) is 11.9 Å². The van der Waals surface area contributed by atoms with Gasteiger partial charge < -0.3 is 15.6 Å². The molecule has 1 aliphatic rings. The Morgan fingerprint density at radius 2 is 2.00 bits per heavy atom. The minimum absolute atomic E-state index is 0.240. The molecule has 1 atom stereocenters. The number of rotatable bonds is 3. The number of carbonyl (C=O) groups excluding carboxylic acids is 1. The summed E-state index contributed by atoms with van der Waals surface area (Å²) in [6.07, 6.45) is 0.564. The summed E-state index contributed by atoms with van der Waals surface area (Å²) < 4.78 is 2.31. The van der Waals surface area contributed by atoms with Gasteiger partial charge in [-0.1, -0.05) is 34.1 Å². The van der Waals surface area contributed by atoms with Crippen LogP contribution in [0.5, 0.6) is 0 Å². The molecule has 2 heterocycles. The van der Waals surface area contributed by atoms with E-state index in [1.807, 2.05) is 24.3 Å². The van der Waals surface area contributed by atoms with Crippen LogP contribution < -0.4 is 21.8 Å². The summed E-state index contributed by atoms with van der Waals surface area (Å²) in [5.41, 5.74) is 1.69. The van der Waals surface area contributed by atoms with E-state index in [4.69, 9.17) is 0 Å². The monoisotopic (exact) mass is 414 g/mol. The maximum Gasteiger partial charge on any atom is 0.319 e. The zero-order valence-electron chi connectivity index (χ0n) is 13.6. The molecule has 4 rings (SSSR count). The largest absolute Gasteiger partial charge is 0.336 e. The van der Waals surface area contributed by atoms with Crippen LogP contribution in [0.25, 0.3) is 11.0 Å². The molecule has 1 aromatic heterocycles. The molecule has 2 amide bonds. The number of amides is 2. The Morgan fingerprint density at radius 3 is 2.77 bits per heavy atom. The number of H-pyrrole nitrogens is 1. The molecule has 0 aliphatic carbocycles. The lowest BCUT2D eigenvalue weighted by molar-refractivity contribution is 0.250. The molecule has 8 heteroatoms. The number of benzene rings is 2. The fourth-order valence-electron chi connectivity index (χ4n) is 3.34. The predicted octanol–water partition coefficient (Wildman–Crippen LogP) is 2.37. The van der Waals surface area contributed by atoms with Gasteiger partial charge in [-0.25, -0.2) is 4.79 Å². The van der Waals surface area contributed by atoms with Gasteiger partial charge in [0.2, 0.25) is 0 Å². The molecule has 0 radical (unpaired) electrons. The van der Waals surface area contributed by atoms with Gasteiger partial charge in [0.15, 0.2) is 0 Å². The normalized spacial score (nSPS) is 15.2. The molecule has 7 nitrogen and oxygen atoms in total. The zero-order valence-corrected chi connectivity index (χ0v) is 15.2. The molecule has 3 aromatic rings. The summed E-state index contributed by atoms with van der Waals surface area (Å²) in [5.74, 6) is 0. The van der Waals surface area contributed by atoms with Crippen molar-refractivity contribution in [3.63, 3.8) is 0 Å². The number of para-hydroxylation sites is 1. The van der Waals surface area contributed by atoms with Crippen LogP contribution in [0.2, 0.25) is 0 Å². The van der Waals surface area contributed by atoms with E-state index in [2.05, 4.69) is 31.5 Å². The van der Waals surface area contributed by atoms with Crippen molar-refractivity contribution >= 4 is 38.7 Å². The van der Waals surface area contributed by atoms with Crippen molar-refractivity contribution in [1.82, 2.24) is 14.9 Å². The van der Waals surface area contributed by atoms with Gasteiger partial charge in [-0.2, -0.15) is 0 Å². The van der Waals surface area contributed by atoms with E-state index in [0.29, 0.717) is 23.1 Å². The van der Waals surface area contributed by atoms with E-state index in [-0.39, 0.29) is 18.6 Å². The number of nitrogens with zero attached hydrogens (tertiary/aromatic N) is 1. The van der Waals surface area contributed by atoms with Gasteiger partial charge in [0.25, 0.3) is 0 Å². The summed E-state index contributed by atoms with van der Waals surface area (Å²) >= 11 is 3.42. The van der Waals surface area contributed by atoms with Crippen molar-refractivity contribution in [3.8, 4) is 0 Å². The topological polar surface area (TPSA) is 96.0 Å². The van der Waals surface area contributed by atoms with E-state index in [0.717, 1.165) is 10.0 Å². The first-order chi connectivity index (χ1) is 12.5. The number of aromatic nitrogens is 2. The summed E-state index contributed by atoms with van der Waals surface area (Å²) in [7, 11) is 0. The Hall–Kier alpha value is -2.87. The number of hydrogen-bond acceptors (Lipinski definition) is 3. The Kier molecular flexibility index (Phi) is 4.12. The number of urea groups is 1. The van der Waals surface area contributed by atoms with Crippen LogP contribution in [0.3, 0.4) is 0 Å². The van der Waals surface area contributed by atoms with Crippen molar-refractivity contribution < 1.29 is 4.79 Å². The molecule has 0 bridgehead atoms. The van der Waals surface area contributed by atoms with Gasteiger partial charge in [0, 0.05) is 16.7 Å². The van der Waals surface area contributed by atoms with Crippen molar-refractivity contribution in [3.05, 3.63) is 73.2 Å². The molecule has 1 aliphatic heterocycles. The second-order valence-electron chi connectivity index (χ2n) is 6.15. The zero-order chi connectivity index (χ0) is 18.3. The Labute approximate surface area is 156 Å². The standard InChI is InChI=1S/C18H15BrN4O3/c19-11-6-10-7-13(9-20-18(26)21-12-4-2-1-3-5-12)23-15(10)14(8-11)22-16(24)17(23)25/h1-6,8,13H,7,9H2,(H,22,24)(H2,20,21,26). The SMILES string of the molecule is O=C(NCC1Cc2cc(Br)cc3[nH]c(=O)c(=O)n1c23)Nc1ccccc1. The van der Waals surface area contributed by atoms with Gasteiger partial charge in [-0.05, 0) is 36.2 Å². The van der Waals surface area contributed by atoms with Gasteiger partial charge in [-0.15, -0.1) is 0 Å². The fraction of sp³-hybridized carbons (Fsp3) is 0.167. The summed E-state index contributed by atoms with van der Waals surface area (Å²) in [4.78, 5) is 39.1. The second-order valence-corrected chi connectivity index (χ2v) is 7.07. The third kappa shape index (κ3) is 2.92. The van der Waals surface area contributed by atoms with E-state index in [1.165, 1.54) is 4.57 Å². The van der Waals surface area contributed by atoms with Crippen LogP contribution in [-0.2, 0) is 6.42 Å². The molecule has 1 unspecified atom stereocenters. The van der Waals surface area contributed by atoms with Crippen LogP contribution in [0, 0.1) is 0 Å². The van der Waals surface area contributed by atoms with Crippen LogP contribution in [0.1, 0.15) is 11.6 Å². The molecular weight excluding hydrogens is 400 g/mol. The average molecular weight is 415 g/mol. The summed E-state index contributed by atoms with van der Waals surface area (Å²) in [6, 6.07) is 12.1. The third-order valence-electron chi connectivity index (χ3n) is 4.41. The minimum Gasteiger partial charge on any atom is -0.336 e. The molecule has 26 heavy (non-hydrogen) atoms. The number of aromatic amines is 1. The Bertz CT molecular complexity index is 1120. The van der Waals surface area contributed by atoms with Gasteiger partial charge in [0.05, 0.1) is 17.1 Å². The summed E-state index contributed by atoms with van der Waals surface area (Å²) in [5, 5.41) is 5.51. The quantitative estimate of drug-likeness (QED) is 0.574. The summed E-state index contributed by atoms with van der Waals surface area (Å²) in [6.45, 7) is 0.240. The maximum atomic E-state index is 12.4. The molecule has 2 aromatic carbocycles. The highest BCUT2D eigenvalue weighted by molar-refractivity contribution is 9.10. The van der Waals surface area contributed by atoms with Crippen LogP contribution in [0.15, 0.2) is 56.5 Å². The Morgan fingerprint density at radius 1 is 1.23 bits per heavy atom. The van der Waals surface area contributed by atoms with Crippen molar-refractivity contribution in [2.24, 2.45) is 0 Å². The van der Waals surface area contributed by atoms with E-state index >= 15 is 0 Å². The van der Waals surface area contributed by atoms with Crippen molar-refractivity contribution in [1.29, 1.82) is 0 Å². The first kappa shape index (κ1) is 16.6. The predicted molar refractivity (Wildman–Crippen MR) is 103 cm³/mol. The second kappa shape index (κ2) is 6.45. The number of nitrogens with one attached hydrogen (secondary N) is 3. The van der Waals surface area contributed by atoms with Crippen molar-refractivity contribution in [2.45, 2.75) is 12.5 Å². The minimum atomic E-state index is -0.665.